The Bertz CT molecular complexity index is 762. The van der Waals surface area contributed by atoms with Crippen molar-refractivity contribution in [1.29, 1.82) is 0 Å². The van der Waals surface area contributed by atoms with Gasteiger partial charge in [0.1, 0.15) is 11.6 Å². The fraction of sp³-hybridized carbons (Fsp3) is 0.222. The summed E-state index contributed by atoms with van der Waals surface area (Å²) in [6.45, 7) is 0.377. The van der Waals surface area contributed by atoms with Crippen LogP contribution in [0.3, 0.4) is 0 Å². The molecule has 24 heavy (non-hydrogen) atoms. The van der Waals surface area contributed by atoms with E-state index in [4.69, 9.17) is 0 Å². The lowest BCUT2D eigenvalue weighted by Crippen LogP contribution is -2.39. The van der Waals surface area contributed by atoms with Crippen LogP contribution in [0.5, 0.6) is 0 Å². The molecule has 0 radical (unpaired) electrons. The summed E-state index contributed by atoms with van der Waals surface area (Å²) in [6.07, 6.45) is 0.453. The normalized spacial score (nSPS) is 17.6. The topological polar surface area (TPSA) is 49.4 Å². The van der Waals surface area contributed by atoms with Crippen LogP contribution in [0.25, 0.3) is 0 Å². The molecule has 0 aromatic heterocycles. The van der Waals surface area contributed by atoms with Crippen LogP contribution in [0.4, 0.5) is 14.5 Å². The zero-order chi connectivity index (χ0) is 17.1. The second kappa shape index (κ2) is 6.88. The third-order valence-electron chi connectivity index (χ3n) is 3.97. The van der Waals surface area contributed by atoms with Crippen LogP contribution in [0.2, 0.25) is 0 Å². The molecule has 1 saturated heterocycles. The van der Waals surface area contributed by atoms with Gasteiger partial charge in [-0.2, -0.15) is 0 Å². The van der Waals surface area contributed by atoms with Crippen molar-refractivity contribution in [3.05, 3.63) is 65.7 Å². The summed E-state index contributed by atoms with van der Waals surface area (Å²) in [4.78, 5) is 25.5. The summed E-state index contributed by atoms with van der Waals surface area (Å²) < 4.78 is 26.5. The second-order valence-electron chi connectivity index (χ2n) is 5.60. The van der Waals surface area contributed by atoms with Gasteiger partial charge in [-0.05, 0) is 42.3 Å². The summed E-state index contributed by atoms with van der Waals surface area (Å²) in [5.41, 5.74) is 0.905. The van der Waals surface area contributed by atoms with Gasteiger partial charge in [-0.15, -0.1) is 0 Å². The highest BCUT2D eigenvalue weighted by atomic mass is 19.1. The van der Waals surface area contributed by atoms with E-state index in [-0.39, 0.29) is 24.1 Å². The third kappa shape index (κ3) is 3.33. The highest BCUT2D eigenvalue weighted by Crippen LogP contribution is 2.23. The molecule has 3 rings (SSSR count). The number of rotatable bonds is 5. The standard InChI is InChI=1S/C18H16F2N2O2/c19-13-5-7-14(8-6-13)22-17(23)11-16(18(22)24)21-10-9-12-3-1-2-4-15(12)20/h1-8,16,21H,9-11H2/t16-/m0/s1. The van der Waals surface area contributed by atoms with E-state index in [1.807, 2.05) is 0 Å². The molecule has 2 aromatic carbocycles. The number of benzene rings is 2. The number of halogens is 2. The van der Waals surface area contributed by atoms with Crippen LogP contribution < -0.4 is 10.2 Å². The van der Waals surface area contributed by atoms with Crippen molar-refractivity contribution >= 4 is 17.5 Å². The molecule has 6 heteroatoms. The maximum Gasteiger partial charge on any atom is 0.251 e. The average molecular weight is 330 g/mol. The highest BCUT2D eigenvalue weighted by molar-refractivity contribution is 6.22. The Kier molecular flexibility index (Phi) is 4.66. The maximum absolute atomic E-state index is 13.6. The van der Waals surface area contributed by atoms with Crippen molar-refractivity contribution in [1.82, 2.24) is 5.32 Å². The fourth-order valence-electron chi connectivity index (χ4n) is 2.74. The second-order valence-corrected chi connectivity index (χ2v) is 5.60. The summed E-state index contributed by atoms with van der Waals surface area (Å²) >= 11 is 0. The molecule has 1 N–H and O–H groups in total. The Balaban J connectivity index is 1.62. The molecule has 2 amide bonds. The molecular weight excluding hydrogens is 314 g/mol. The maximum atomic E-state index is 13.6. The van der Waals surface area contributed by atoms with Crippen LogP contribution in [0.15, 0.2) is 48.5 Å². The molecule has 1 heterocycles. The first-order valence-corrected chi connectivity index (χ1v) is 7.65. The number of hydrogen-bond donors (Lipinski definition) is 1. The SMILES string of the molecule is O=C1C[C@H](NCCc2ccccc2F)C(=O)N1c1ccc(F)cc1. The zero-order valence-electron chi connectivity index (χ0n) is 12.8. The summed E-state index contributed by atoms with van der Waals surface area (Å²) in [7, 11) is 0. The molecule has 2 aromatic rings. The van der Waals surface area contributed by atoms with Crippen molar-refractivity contribution in [3.63, 3.8) is 0 Å². The van der Waals surface area contributed by atoms with Crippen molar-refractivity contribution in [2.45, 2.75) is 18.9 Å². The van der Waals surface area contributed by atoms with Gasteiger partial charge in [0.05, 0.1) is 18.2 Å². The van der Waals surface area contributed by atoms with Crippen molar-refractivity contribution in [3.8, 4) is 0 Å². The van der Waals surface area contributed by atoms with Gasteiger partial charge in [0.15, 0.2) is 0 Å². The highest BCUT2D eigenvalue weighted by Gasteiger charge is 2.39. The Morgan fingerprint density at radius 1 is 1.04 bits per heavy atom. The molecule has 1 atom stereocenters. The van der Waals surface area contributed by atoms with Crippen molar-refractivity contribution in [2.24, 2.45) is 0 Å². The van der Waals surface area contributed by atoms with E-state index < -0.39 is 11.9 Å². The van der Waals surface area contributed by atoms with Crippen LogP contribution in [-0.4, -0.2) is 24.4 Å². The van der Waals surface area contributed by atoms with Gasteiger partial charge in [0, 0.05) is 6.54 Å². The monoisotopic (exact) mass is 330 g/mol. The average Bonchev–Trinajstić information content (AvgIpc) is 2.84. The van der Waals surface area contributed by atoms with Gasteiger partial charge in [-0.25, -0.2) is 13.7 Å². The minimum absolute atomic E-state index is 0.0352. The number of carbonyl (C=O) groups is 2. The molecule has 1 fully saturated rings. The smallest absolute Gasteiger partial charge is 0.251 e. The Morgan fingerprint density at radius 3 is 2.46 bits per heavy atom. The number of amides is 2. The largest absolute Gasteiger partial charge is 0.305 e. The van der Waals surface area contributed by atoms with Gasteiger partial charge < -0.3 is 5.32 Å². The molecule has 1 aliphatic heterocycles. The number of carbonyl (C=O) groups excluding carboxylic acids is 2. The van der Waals surface area contributed by atoms with Crippen molar-refractivity contribution in [2.75, 3.05) is 11.4 Å². The van der Waals surface area contributed by atoms with Gasteiger partial charge in [-0.3, -0.25) is 9.59 Å². The minimum Gasteiger partial charge on any atom is -0.305 e. The number of hydrogen-bond acceptors (Lipinski definition) is 3. The van der Waals surface area contributed by atoms with E-state index in [1.54, 1.807) is 18.2 Å². The molecule has 0 unspecified atom stereocenters. The van der Waals surface area contributed by atoms with E-state index in [9.17, 15) is 18.4 Å². The van der Waals surface area contributed by atoms with E-state index in [0.29, 0.717) is 24.2 Å². The lowest BCUT2D eigenvalue weighted by atomic mass is 10.1. The number of nitrogens with one attached hydrogen (secondary N) is 1. The van der Waals surface area contributed by atoms with E-state index in [1.165, 1.54) is 30.3 Å². The first-order chi connectivity index (χ1) is 11.6. The van der Waals surface area contributed by atoms with Crippen LogP contribution in [0, 0.1) is 11.6 Å². The minimum atomic E-state index is -0.644. The molecule has 1 aliphatic rings. The molecular formula is C18H16F2N2O2. The van der Waals surface area contributed by atoms with Gasteiger partial charge in [0.2, 0.25) is 5.91 Å². The van der Waals surface area contributed by atoms with Crippen LogP contribution in [0.1, 0.15) is 12.0 Å². The summed E-state index contributed by atoms with van der Waals surface area (Å²) in [5, 5.41) is 3.00. The zero-order valence-corrected chi connectivity index (χ0v) is 12.8. The number of anilines is 1. The lowest BCUT2D eigenvalue weighted by molar-refractivity contribution is -0.121. The third-order valence-corrected chi connectivity index (χ3v) is 3.97. The quantitative estimate of drug-likeness (QED) is 0.857. The van der Waals surface area contributed by atoms with Crippen LogP contribution >= 0.6 is 0 Å². The summed E-state index contributed by atoms with van der Waals surface area (Å²) in [5.74, 6) is -1.44. The van der Waals surface area contributed by atoms with Gasteiger partial charge >= 0.3 is 0 Å². The predicted molar refractivity (Wildman–Crippen MR) is 85.4 cm³/mol. The fourth-order valence-corrected chi connectivity index (χ4v) is 2.74. The van der Waals surface area contributed by atoms with Crippen LogP contribution in [-0.2, 0) is 16.0 Å². The van der Waals surface area contributed by atoms with E-state index in [0.717, 1.165) is 4.90 Å². The van der Waals surface area contributed by atoms with E-state index in [2.05, 4.69) is 5.32 Å². The molecule has 0 bridgehead atoms. The van der Waals surface area contributed by atoms with Gasteiger partial charge in [-0.1, -0.05) is 18.2 Å². The molecule has 0 aliphatic carbocycles. The first-order valence-electron chi connectivity index (χ1n) is 7.65. The van der Waals surface area contributed by atoms with Crippen molar-refractivity contribution < 1.29 is 18.4 Å². The first kappa shape index (κ1) is 16.3. The van der Waals surface area contributed by atoms with Gasteiger partial charge in [0.25, 0.3) is 5.91 Å². The molecule has 0 spiro atoms. The Morgan fingerprint density at radius 2 is 1.75 bits per heavy atom. The Hall–Kier alpha value is -2.60. The number of nitrogens with zero attached hydrogens (tertiary/aromatic N) is 1. The molecule has 0 saturated carbocycles. The molecule has 124 valence electrons. The van der Waals surface area contributed by atoms with E-state index >= 15 is 0 Å². The summed E-state index contributed by atoms with van der Waals surface area (Å²) in [6, 6.07) is 11.0. The number of imide groups is 1. The lowest BCUT2D eigenvalue weighted by Gasteiger charge is -2.15. The Labute approximate surface area is 138 Å². The molecule has 4 nitrogen and oxygen atoms in total. The predicted octanol–water partition coefficient (Wildman–Crippen LogP) is 2.43.